The summed E-state index contributed by atoms with van der Waals surface area (Å²) in [6.45, 7) is 8.44. The van der Waals surface area contributed by atoms with E-state index in [1.165, 1.54) is 6.33 Å². The maximum absolute atomic E-state index is 13.3. The lowest BCUT2D eigenvalue weighted by molar-refractivity contribution is -0.0938. The Kier molecular flexibility index (Phi) is 15.3. The lowest BCUT2D eigenvalue weighted by Gasteiger charge is -2.39. The molecule has 0 bridgehead atoms. The number of benzene rings is 3. The molecule has 0 aliphatic carbocycles. The van der Waals surface area contributed by atoms with Crippen molar-refractivity contribution in [3.63, 3.8) is 0 Å². The zero-order chi connectivity index (χ0) is 43.7. The van der Waals surface area contributed by atoms with Gasteiger partial charge in [0, 0.05) is 33.3 Å². The second-order valence-electron chi connectivity index (χ2n) is 15.1. The van der Waals surface area contributed by atoms with E-state index in [1.54, 1.807) is 37.1 Å². The van der Waals surface area contributed by atoms with Crippen molar-refractivity contribution in [3.8, 4) is 17.6 Å². The van der Waals surface area contributed by atoms with Crippen LogP contribution in [0.5, 0.6) is 11.5 Å². The summed E-state index contributed by atoms with van der Waals surface area (Å²) in [6.07, 6.45) is -0.0727. The number of nitrogens with one attached hydrogen (secondary N) is 1. The molecule has 0 spiro atoms. The largest absolute Gasteiger partial charge is 0.497 e. The number of hydrogen-bond acceptors (Lipinski definition) is 13. The number of H-pyrrole nitrogens is 1. The molecule has 3 heterocycles. The van der Waals surface area contributed by atoms with Gasteiger partial charge in [-0.25, -0.2) is 14.6 Å². The quantitative estimate of drug-likeness (QED) is 0.0281. The number of aromatic amines is 1. The van der Waals surface area contributed by atoms with Crippen LogP contribution in [-0.2, 0) is 28.9 Å². The number of imidazole rings is 1. The van der Waals surface area contributed by atoms with Crippen molar-refractivity contribution in [1.29, 1.82) is 5.26 Å². The van der Waals surface area contributed by atoms with Gasteiger partial charge in [0.25, 0.3) is 14.1 Å². The van der Waals surface area contributed by atoms with E-state index < -0.39 is 44.2 Å². The summed E-state index contributed by atoms with van der Waals surface area (Å²) in [7, 11) is 6.69. The maximum Gasteiger partial charge on any atom is 0.280 e. The van der Waals surface area contributed by atoms with Crippen molar-refractivity contribution in [3.05, 3.63) is 112 Å². The van der Waals surface area contributed by atoms with Crippen LogP contribution in [0.25, 0.3) is 11.2 Å². The highest BCUT2D eigenvalue weighted by molar-refractivity contribution is 7.44. The Morgan fingerprint density at radius 2 is 1.54 bits per heavy atom. The Hall–Kier alpha value is -5.24. The normalized spacial score (nSPS) is 18.7. The monoisotopic (exact) mass is 854 g/mol. The minimum atomic E-state index is -1.78. The minimum Gasteiger partial charge on any atom is -0.497 e. The van der Waals surface area contributed by atoms with Gasteiger partial charge in [-0.3, -0.25) is 14.3 Å². The Labute approximate surface area is 358 Å². The number of aliphatic imine (C=N–C) groups is 1. The summed E-state index contributed by atoms with van der Waals surface area (Å²) >= 11 is 0. The molecule has 5 atom stereocenters. The smallest absolute Gasteiger partial charge is 0.280 e. The molecule has 61 heavy (non-hydrogen) atoms. The maximum atomic E-state index is 13.3. The molecule has 2 aromatic heterocycles. The van der Waals surface area contributed by atoms with Gasteiger partial charge >= 0.3 is 0 Å². The highest BCUT2D eigenvalue weighted by Crippen LogP contribution is 2.51. The third-order valence-electron chi connectivity index (χ3n) is 10.2. The molecule has 0 amide bonds. The van der Waals surface area contributed by atoms with Crippen LogP contribution in [0.3, 0.4) is 0 Å². The van der Waals surface area contributed by atoms with Gasteiger partial charge in [0.15, 0.2) is 17.4 Å². The van der Waals surface area contributed by atoms with Gasteiger partial charge in [-0.15, -0.1) is 0 Å². The average molecular weight is 855 g/mol. The van der Waals surface area contributed by atoms with Crippen molar-refractivity contribution in [2.24, 2.45) is 4.99 Å². The predicted molar refractivity (Wildman–Crippen MR) is 233 cm³/mol. The fourth-order valence-corrected chi connectivity index (χ4v) is 9.22. The summed E-state index contributed by atoms with van der Waals surface area (Å²) < 4.78 is 49.1. The number of aromatic nitrogens is 4. The van der Waals surface area contributed by atoms with Crippen molar-refractivity contribution in [2.75, 3.05) is 48.6 Å². The molecule has 17 heteroatoms. The molecular formula is C44H55N8O8P. The summed E-state index contributed by atoms with van der Waals surface area (Å²) in [5, 5.41) is 9.46. The Morgan fingerprint density at radius 3 is 2.08 bits per heavy atom. The van der Waals surface area contributed by atoms with Crippen molar-refractivity contribution < 1.29 is 32.7 Å². The zero-order valence-corrected chi connectivity index (χ0v) is 37.0. The van der Waals surface area contributed by atoms with Crippen molar-refractivity contribution >= 4 is 32.0 Å². The molecule has 1 N–H and O–H groups in total. The molecule has 1 aliphatic heterocycles. The summed E-state index contributed by atoms with van der Waals surface area (Å²) in [4.78, 5) is 31.2. The molecule has 6 rings (SSSR count). The van der Waals surface area contributed by atoms with Crippen LogP contribution in [0.2, 0.25) is 0 Å². The van der Waals surface area contributed by atoms with E-state index in [4.69, 9.17) is 32.7 Å². The molecule has 3 aromatic carbocycles. The van der Waals surface area contributed by atoms with Gasteiger partial charge in [0.2, 0.25) is 5.95 Å². The second kappa shape index (κ2) is 20.5. The molecule has 324 valence electrons. The number of hydrogen-bond donors (Lipinski definition) is 1. The zero-order valence-electron chi connectivity index (χ0n) is 36.1. The summed E-state index contributed by atoms with van der Waals surface area (Å²) in [5.41, 5.74) is 1.25. The van der Waals surface area contributed by atoms with Crippen LogP contribution in [0.4, 0.5) is 5.95 Å². The summed E-state index contributed by atoms with van der Waals surface area (Å²) in [6, 6.07) is 27.8. The van der Waals surface area contributed by atoms with E-state index in [2.05, 4.69) is 58.4 Å². The van der Waals surface area contributed by atoms with Gasteiger partial charge in [-0.2, -0.15) is 10.2 Å². The molecule has 1 aliphatic rings. The first-order valence-electron chi connectivity index (χ1n) is 20.0. The van der Waals surface area contributed by atoms with E-state index in [9.17, 15) is 10.1 Å². The van der Waals surface area contributed by atoms with E-state index in [-0.39, 0.29) is 48.8 Å². The molecule has 0 saturated carbocycles. The second-order valence-corrected chi connectivity index (χ2v) is 16.5. The molecule has 1 unspecified atom stereocenters. The van der Waals surface area contributed by atoms with E-state index >= 15 is 0 Å². The molecule has 0 radical (unpaired) electrons. The topological polar surface area (TPSA) is 171 Å². The van der Waals surface area contributed by atoms with Crippen molar-refractivity contribution in [2.45, 2.75) is 76.3 Å². The molecule has 1 saturated heterocycles. The average Bonchev–Trinajstić information content (AvgIpc) is 3.84. The van der Waals surface area contributed by atoms with E-state index in [0.29, 0.717) is 11.5 Å². The van der Waals surface area contributed by atoms with E-state index in [0.717, 1.165) is 16.7 Å². The lowest BCUT2D eigenvalue weighted by atomic mass is 9.80. The number of nitriles is 1. The van der Waals surface area contributed by atoms with Gasteiger partial charge in [-0.1, -0.05) is 54.6 Å². The van der Waals surface area contributed by atoms with Crippen LogP contribution in [-0.4, -0.2) is 114 Å². The van der Waals surface area contributed by atoms with Gasteiger partial charge < -0.3 is 37.6 Å². The minimum absolute atomic E-state index is 0.0161. The molecular weight excluding hydrogens is 800 g/mol. The van der Waals surface area contributed by atoms with Gasteiger partial charge in [0.1, 0.15) is 35.4 Å². The van der Waals surface area contributed by atoms with Crippen LogP contribution >= 0.6 is 8.53 Å². The number of ether oxygens (including phenoxy) is 5. The summed E-state index contributed by atoms with van der Waals surface area (Å²) in [5.74, 6) is 1.48. The van der Waals surface area contributed by atoms with Gasteiger partial charge in [0.05, 0.1) is 52.6 Å². The number of methoxy groups -OCH3 is 3. The van der Waals surface area contributed by atoms with Crippen LogP contribution < -0.4 is 15.0 Å². The highest BCUT2D eigenvalue weighted by Gasteiger charge is 2.51. The van der Waals surface area contributed by atoms with Crippen LogP contribution in [0, 0.1) is 11.3 Å². The predicted octanol–water partition coefficient (Wildman–Crippen LogP) is 6.94. The van der Waals surface area contributed by atoms with Gasteiger partial charge in [-0.05, 0) is 68.7 Å². The van der Waals surface area contributed by atoms with E-state index in [1.807, 2.05) is 93.0 Å². The third kappa shape index (κ3) is 9.95. The third-order valence-corrected chi connectivity index (χ3v) is 12.3. The fourth-order valence-electron chi connectivity index (χ4n) is 7.46. The Balaban J connectivity index is 1.50. The number of fused-ring (bicyclic) bond motifs is 1. The first-order valence-corrected chi connectivity index (χ1v) is 21.2. The lowest BCUT2D eigenvalue weighted by Crippen LogP contribution is -2.42. The van der Waals surface area contributed by atoms with Crippen LogP contribution in [0.15, 0.2) is 95.0 Å². The Morgan fingerprint density at radius 1 is 0.934 bits per heavy atom. The van der Waals surface area contributed by atoms with Crippen molar-refractivity contribution in [1.82, 2.24) is 29.1 Å². The first kappa shape index (κ1) is 45.3. The standard InChI is InChI=1S/C44H55N8O8P/c1-29(2)52(30(3)4)61(58-25-13-24-45)60-38-36(59-42(39(38)56-9)51-28-46-37-40(51)48-43(49-41(37)53)47-27-50(5)6)26-57-44(31-14-11-10-12-15-31,32-16-20-34(54-7)21-17-32)33-18-22-35(55-8)23-19-33/h10-12,14-23,27-30,36,38-39,42H,13,25-26H2,1-9H3,(H,48,49,53)/t36-,38-,39+,42-,61?/m1/s1. The molecule has 1 fully saturated rings. The number of nitrogens with zero attached hydrogens (tertiary/aromatic N) is 7. The molecule has 16 nitrogen and oxygen atoms in total. The highest BCUT2D eigenvalue weighted by atomic mass is 31.2. The molecule has 5 aromatic rings. The SMILES string of the molecule is COc1ccc(C(OC[C@H]2O[C@@H](n3cnc4c(=O)[nH]c(N=CN(C)C)nc43)[C@@H](OC)[C@@H]2OP(OCCC#N)N(C(C)C)C(C)C)(c2ccccc2)c2ccc(OC)cc2)cc1. The fraction of sp³-hybridized carbons (Fsp3) is 0.432. The Bertz CT molecular complexity index is 2240. The van der Waals surface area contributed by atoms with Crippen LogP contribution in [0.1, 0.15) is 57.0 Å². The first-order chi connectivity index (χ1) is 29.4. The number of rotatable bonds is 20.